The Bertz CT molecular complexity index is 1020. The van der Waals surface area contributed by atoms with E-state index in [2.05, 4.69) is 10.3 Å². The van der Waals surface area contributed by atoms with Crippen molar-refractivity contribution in [1.29, 1.82) is 0 Å². The van der Waals surface area contributed by atoms with Crippen molar-refractivity contribution in [2.45, 2.75) is 26.2 Å². The minimum absolute atomic E-state index is 0.0886. The first-order valence-electron chi connectivity index (χ1n) is 9.16. The number of benzene rings is 1. The zero-order chi connectivity index (χ0) is 21.8. The van der Waals surface area contributed by atoms with E-state index < -0.39 is 5.91 Å². The molecule has 1 aliphatic rings. The van der Waals surface area contributed by atoms with Gasteiger partial charge in [-0.1, -0.05) is 49.2 Å². The topological polar surface area (TPSA) is 79.4 Å². The molecule has 1 saturated heterocycles. The van der Waals surface area contributed by atoms with E-state index in [-0.39, 0.29) is 35.6 Å². The summed E-state index contributed by atoms with van der Waals surface area (Å²) < 4.78 is 0. The molecule has 0 aliphatic carbocycles. The smallest absolute Gasteiger partial charge is 0.293 e. The van der Waals surface area contributed by atoms with Crippen molar-refractivity contribution in [3.8, 4) is 0 Å². The first kappa shape index (κ1) is 22.8. The fraction of sp³-hybridized carbons (Fsp3) is 0.300. The Morgan fingerprint density at radius 3 is 2.77 bits per heavy atom. The Labute approximate surface area is 192 Å². The van der Waals surface area contributed by atoms with Gasteiger partial charge in [0.1, 0.15) is 0 Å². The number of aromatic nitrogens is 1. The minimum atomic E-state index is -0.420. The summed E-state index contributed by atoms with van der Waals surface area (Å²) in [6.07, 6.45) is 1.71. The maximum absolute atomic E-state index is 12.6. The fourth-order valence-electron chi connectivity index (χ4n) is 2.67. The standard InChI is InChI=1S/C20H19Cl2N3O3S2/c1-11(2)18-24-13(10-29-18)9-16(26)23-6-7-25-19(27)15(30-20(25)28)8-12-4-3-5-14(21)17(12)22/h3-5,8,10-11H,6-7,9H2,1-2H3,(H,23,26)/b15-8-. The summed E-state index contributed by atoms with van der Waals surface area (Å²) in [6.45, 7) is 4.36. The van der Waals surface area contributed by atoms with Crippen LogP contribution in [0.25, 0.3) is 6.08 Å². The number of halogens is 2. The van der Waals surface area contributed by atoms with E-state index >= 15 is 0 Å². The highest BCUT2D eigenvalue weighted by Gasteiger charge is 2.34. The predicted molar refractivity (Wildman–Crippen MR) is 122 cm³/mol. The van der Waals surface area contributed by atoms with Gasteiger partial charge in [-0.15, -0.1) is 11.3 Å². The molecule has 1 aromatic heterocycles. The average molecular weight is 484 g/mol. The Hall–Kier alpha value is -1.87. The number of thiazole rings is 1. The molecule has 2 heterocycles. The molecule has 1 aliphatic heterocycles. The number of hydrogen-bond acceptors (Lipinski definition) is 6. The number of rotatable bonds is 7. The van der Waals surface area contributed by atoms with E-state index in [4.69, 9.17) is 23.2 Å². The normalized spacial score (nSPS) is 15.5. The quantitative estimate of drug-likeness (QED) is 0.562. The number of thioether (sulfide) groups is 1. The van der Waals surface area contributed by atoms with Gasteiger partial charge < -0.3 is 5.32 Å². The average Bonchev–Trinajstić information content (AvgIpc) is 3.25. The SMILES string of the molecule is CC(C)c1nc(CC(=O)NCCN2C(=O)S/C(=C\c3cccc(Cl)c3Cl)C2=O)cs1. The summed E-state index contributed by atoms with van der Waals surface area (Å²) in [7, 11) is 0. The van der Waals surface area contributed by atoms with E-state index in [9.17, 15) is 14.4 Å². The van der Waals surface area contributed by atoms with Gasteiger partial charge in [-0.05, 0) is 29.5 Å². The van der Waals surface area contributed by atoms with Crippen LogP contribution in [0.15, 0.2) is 28.5 Å². The van der Waals surface area contributed by atoms with E-state index in [1.807, 2.05) is 19.2 Å². The third-order valence-electron chi connectivity index (χ3n) is 4.20. The maximum Gasteiger partial charge on any atom is 0.293 e. The number of imide groups is 1. The van der Waals surface area contributed by atoms with Crippen molar-refractivity contribution in [2.75, 3.05) is 13.1 Å². The van der Waals surface area contributed by atoms with Crippen molar-refractivity contribution in [1.82, 2.24) is 15.2 Å². The largest absolute Gasteiger partial charge is 0.354 e. The fourth-order valence-corrected chi connectivity index (χ4v) is 4.72. The van der Waals surface area contributed by atoms with Crippen LogP contribution in [-0.2, 0) is 16.0 Å². The maximum atomic E-state index is 12.6. The number of carbonyl (C=O) groups excluding carboxylic acids is 3. The van der Waals surface area contributed by atoms with Crippen LogP contribution in [0, 0.1) is 0 Å². The first-order chi connectivity index (χ1) is 14.3. The summed E-state index contributed by atoms with van der Waals surface area (Å²) in [4.78, 5) is 42.7. The molecule has 1 fully saturated rings. The monoisotopic (exact) mass is 483 g/mol. The molecular formula is C20H19Cl2N3O3S2. The summed E-state index contributed by atoms with van der Waals surface area (Å²) in [5.41, 5.74) is 1.28. The molecule has 10 heteroatoms. The summed E-state index contributed by atoms with van der Waals surface area (Å²) in [5, 5.41) is 5.89. The second-order valence-electron chi connectivity index (χ2n) is 6.83. The highest BCUT2D eigenvalue weighted by atomic mass is 35.5. The van der Waals surface area contributed by atoms with Crippen molar-refractivity contribution >= 4 is 69.4 Å². The van der Waals surface area contributed by atoms with Gasteiger partial charge in [-0.2, -0.15) is 0 Å². The van der Waals surface area contributed by atoms with Crippen LogP contribution in [0.1, 0.15) is 36.0 Å². The van der Waals surface area contributed by atoms with Crippen molar-refractivity contribution in [2.24, 2.45) is 0 Å². The summed E-state index contributed by atoms with van der Waals surface area (Å²) in [5.74, 6) is -0.305. The van der Waals surface area contributed by atoms with E-state index in [1.165, 1.54) is 11.3 Å². The molecule has 0 atom stereocenters. The molecular weight excluding hydrogens is 465 g/mol. The van der Waals surface area contributed by atoms with Crippen LogP contribution in [0.5, 0.6) is 0 Å². The van der Waals surface area contributed by atoms with Crippen LogP contribution in [0.3, 0.4) is 0 Å². The van der Waals surface area contributed by atoms with Crippen LogP contribution in [0.2, 0.25) is 10.0 Å². The molecule has 0 saturated carbocycles. The third kappa shape index (κ3) is 5.43. The molecule has 6 nitrogen and oxygen atoms in total. The molecule has 3 amide bonds. The predicted octanol–water partition coefficient (Wildman–Crippen LogP) is 4.97. The van der Waals surface area contributed by atoms with E-state index in [0.717, 1.165) is 21.7 Å². The summed E-state index contributed by atoms with van der Waals surface area (Å²) >= 11 is 14.5. The zero-order valence-corrected chi connectivity index (χ0v) is 19.4. The van der Waals surface area contributed by atoms with Gasteiger partial charge in [0.15, 0.2) is 0 Å². The second kappa shape index (κ2) is 9.96. The lowest BCUT2D eigenvalue weighted by Gasteiger charge is -2.12. The van der Waals surface area contributed by atoms with E-state index in [1.54, 1.807) is 24.3 Å². The number of hydrogen-bond donors (Lipinski definition) is 1. The van der Waals surface area contributed by atoms with Crippen LogP contribution >= 0.6 is 46.3 Å². The van der Waals surface area contributed by atoms with Gasteiger partial charge in [-0.3, -0.25) is 19.3 Å². The molecule has 158 valence electrons. The molecule has 3 rings (SSSR count). The number of nitrogens with one attached hydrogen (secondary N) is 1. The molecule has 0 unspecified atom stereocenters. The lowest BCUT2D eigenvalue weighted by atomic mass is 10.2. The lowest BCUT2D eigenvalue weighted by molar-refractivity contribution is -0.124. The van der Waals surface area contributed by atoms with Crippen molar-refractivity contribution in [3.05, 3.63) is 54.8 Å². The van der Waals surface area contributed by atoms with Gasteiger partial charge in [-0.25, -0.2) is 4.98 Å². The Morgan fingerprint density at radius 2 is 2.07 bits per heavy atom. The first-order valence-corrected chi connectivity index (χ1v) is 11.6. The summed E-state index contributed by atoms with van der Waals surface area (Å²) in [6, 6.07) is 5.07. The Kier molecular flexibility index (Phi) is 7.57. The van der Waals surface area contributed by atoms with Gasteiger partial charge in [0, 0.05) is 24.4 Å². The van der Waals surface area contributed by atoms with Gasteiger partial charge in [0.25, 0.3) is 11.1 Å². The highest BCUT2D eigenvalue weighted by Crippen LogP contribution is 2.34. The molecule has 0 radical (unpaired) electrons. The number of nitrogens with zero attached hydrogens (tertiary/aromatic N) is 2. The van der Waals surface area contributed by atoms with Crippen molar-refractivity contribution < 1.29 is 14.4 Å². The van der Waals surface area contributed by atoms with Crippen molar-refractivity contribution in [3.63, 3.8) is 0 Å². The van der Waals surface area contributed by atoms with Gasteiger partial charge in [0.2, 0.25) is 5.91 Å². The zero-order valence-electron chi connectivity index (χ0n) is 16.3. The third-order valence-corrected chi connectivity index (χ3v) is 7.14. The Morgan fingerprint density at radius 1 is 1.30 bits per heavy atom. The molecule has 1 aromatic carbocycles. The molecule has 2 aromatic rings. The number of carbonyl (C=O) groups is 3. The number of amides is 3. The lowest BCUT2D eigenvalue weighted by Crippen LogP contribution is -2.37. The molecule has 0 spiro atoms. The highest BCUT2D eigenvalue weighted by molar-refractivity contribution is 8.18. The van der Waals surface area contributed by atoms with Gasteiger partial charge >= 0.3 is 0 Å². The van der Waals surface area contributed by atoms with Gasteiger partial charge in [0.05, 0.1) is 32.1 Å². The van der Waals surface area contributed by atoms with E-state index in [0.29, 0.717) is 27.2 Å². The van der Waals surface area contributed by atoms with Crippen LogP contribution in [-0.4, -0.2) is 40.0 Å². The van der Waals surface area contributed by atoms with Crippen LogP contribution < -0.4 is 5.32 Å². The molecule has 1 N–H and O–H groups in total. The van der Waals surface area contributed by atoms with Crippen LogP contribution in [0.4, 0.5) is 4.79 Å². The molecule has 30 heavy (non-hydrogen) atoms. The minimum Gasteiger partial charge on any atom is -0.354 e. The molecule has 0 bridgehead atoms. The second-order valence-corrected chi connectivity index (χ2v) is 9.50. The Balaban J connectivity index is 1.55.